The maximum atomic E-state index is 12.2. The molecule has 0 radical (unpaired) electrons. The fourth-order valence-corrected chi connectivity index (χ4v) is 2.56. The van der Waals surface area contributed by atoms with E-state index in [0.717, 1.165) is 12.8 Å². The number of likely N-dealkylation sites (tertiary alicyclic amines) is 1. The van der Waals surface area contributed by atoms with E-state index in [2.05, 4.69) is 10.3 Å². The van der Waals surface area contributed by atoms with Gasteiger partial charge in [-0.2, -0.15) is 0 Å². The molecule has 6 heteroatoms. The predicted molar refractivity (Wildman–Crippen MR) is 84.0 cm³/mol. The van der Waals surface area contributed by atoms with Crippen molar-refractivity contribution in [3.63, 3.8) is 0 Å². The topological polar surface area (TPSA) is 74.4 Å². The van der Waals surface area contributed by atoms with Gasteiger partial charge in [0.05, 0.1) is 12.2 Å². The maximum Gasteiger partial charge on any atom is 0.410 e. The molecule has 6 nitrogen and oxygen atoms in total. The summed E-state index contributed by atoms with van der Waals surface area (Å²) in [6, 6.07) is 3.65. The van der Waals surface area contributed by atoms with Gasteiger partial charge in [0, 0.05) is 25.3 Å². The van der Waals surface area contributed by atoms with Crippen LogP contribution in [-0.2, 0) is 4.74 Å². The van der Waals surface area contributed by atoms with Gasteiger partial charge in [-0.1, -0.05) is 0 Å². The molecule has 1 amide bonds. The van der Waals surface area contributed by atoms with Crippen molar-refractivity contribution >= 4 is 11.9 Å². The molecular weight excluding hydrogens is 282 g/mol. The molecule has 0 bridgehead atoms. The first-order chi connectivity index (χ1) is 10.4. The summed E-state index contributed by atoms with van der Waals surface area (Å²) in [5.74, 6) is 0.0202. The Kier molecular flexibility index (Phi) is 5.24. The summed E-state index contributed by atoms with van der Waals surface area (Å²) in [5, 5.41) is 3.14. The van der Waals surface area contributed by atoms with Gasteiger partial charge in [-0.15, -0.1) is 0 Å². The van der Waals surface area contributed by atoms with Crippen molar-refractivity contribution in [1.82, 2.24) is 15.2 Å². The van der Waals surface area contributed by atoms with Crippen LogP contribution < -0.4 is 5.32 Å². The van der Waals surface area contributed by atoms with E-state index in [-0.39, 0.29) is 24.5 Å². The minimum atomic E-state index is -0.485. The van der Waals surface area contributed by atoms with Crippen molar-refractivity contribution in [2.45, 2.75) is 45.3 Å². The van der Waals surface area contributed by atoms with Gasteiger partial charge in [-0.25, -0.2) is 4.79 Å². The van der Waals surface area contributed by atoms with Crippen LogP contribution >= 0.6 is 0 Å². The Balaban J connectivity index is 1.79. The average Bonchev–Trinajstić information content (AvgIpc) is 3.08. The van der Waals surface area contributed by atoms with Gasteiger partial charge >= 0.3 is 6.09 Å². The third-order valence-electron chi connectivity index (χ3n) is 3.57. The van der Waals surface area contributed by atoms with Crippen LogP contribution in [0.3, 0.4) is 0 Å². The van der Waals surface area contributed by atoms with E-state index in [0.29, 0.717) is 18.8 Å². The summed E-state index contributed by atoms with van der Waals surface area (Å²) in [5.41, 5.74) is 0.115. The number of ether oxygens (including phenoxy) is 1. The molecule has 2 heterocycles. The fraction of sp³-hybridized carbons (Fsp3) is 0.625. The number of hydrogen-bond acceptors (Lipinski definition) is 4. The highest BCUT2D eigenvalue weighted by Gasteiger charge is 2.31. The first kappa shape index (κ1) is 16.5. The molecule has 0 unspecified atom stereocenters. The van der Waals surface area contributed by atoms with Crippen LogP contribution in [0.4, 0.5) is 4.79 Å². The summed E-state index contributed by atoms with van der Waals surface area (Å²) in [4.78, 5) is 28.7. The molecule has 1 fully saturated rings. The molecule has 1 aromatic rings. The fourth-order valence-electron chi connectivity index (χ4n) is 2.56. The van der Waals surface area contributed by atoms with Crippen molar-refractivity contribution in [3.8, 4) is 0 Å². The van der Waals surface area contributed by atoms with Gasteiger partial charge < -0.3 is 19.9 Å². The Morgan fingerprint density at radius 3 is 2.86 bits per heavy atom. The van der Waals surface area contributed by atoms with Crippen molar-refractivity contribution < 1.29 is 14.3 Å². The molecule has 2 rings (SSSR count). The SMILES string of the molecule is CC(C)(C)OC(=O)N1CCC[C@H]1CNCC(=O)c1ccc[nH]1. The zero-order valence-corrected chi connectivity index (χ0v) is 13.5. The number of carbonyl (C=O) groups excluding carboxylic acids is 2. The van der Waals surface area contributed by atoms with E-state index in [1.807, 2.05) is 20.8 Å². The number of carbonyl (C=O) groups is 2. The Morgan fingerprint density at radius 2 is 2.23 bits per heavy atom. The van der Waals surface area contributed by atoms with Crippen LogP contribution in [0.1, 0.15) is 44.1 Å². The van der Waals surface area contributed by atoms with Crippen molar-refractivity contribution in [2.24, 2.45) is 0 Å². The Bertz CT molecular complexity index is 505. The zero-order valence-electron chi connectivity index (χ0n) is 13.5. The normalized spacial score (nSPS) is 18.5. The van der Waals surface area contributed by atoms with E-state index < -0.39 is 5.60 Å². The van der Waals surface area contributed by atoms with E-state index in [1.165, 1.54) is 0 Å². The molecule has 2 N–H and O–H groups in total. The second kappa shape index (κ2) is 6.96. The molecule has 0 aliphatic carbocycles. The Labute approximate surface area is 131 Å². The van der Waals surface area contributed by atoms with Crippen LogP contribution in [0.15, 0.2) is 18.3 Å². The molecule has 22 heavy (non-hydrogen) atoms. The molecule has 122 valence electrons. The standard InChI is InChI=1S/C16H25N3O3/c1-16(2,3)22-15(21)19-9-5-6-12(19)10-17-11-14(20)13-7-4-8-18-13/h4,7-8,12,17-18H,5-6,9-11H2,1-3H3/t12-/m0/s1. The number of Topliss-reactive ketones (excluding diaryl/α,β-unsaturated/α-hetero) is 1. The number of amides is 1. The summed E-state index contributed by atoms with van der Waals surface area (Å²) >= 11 is 0. The van der Waals surface area contributed by atoms with Gasteiger partial charge in [0.1, 0.15) is 5.60 Å². The molecule has 1 aliphatic heterocycles. The Morgan fingerprint density at radius 1 is 1.45 bits per heavy atom. The lowest BCUT2D eigenvalue weighted by molar-refractivity contribution is 0.0227. The van der Waals surface area contributed by atoms with Gasteiger partial charge in [0.2, 0.25) is 0 Å². The average molecular weight is 307 g/mol. The van der Waals surface area contributed by atoms with Crippen LogP contribution in [0, 0.1) is 0 Å². The second-order valence-corrected chi connectivity index (χ2v) is 6.61. The van der Waals surface area contributed by atoms with Gasteiger partial charge in [0.25, 0.3) is 0 Å². The molecule has 1 saturated heterocycles. The maximum absolute atomic E-state index is 12.2. The number of nitrogens with one attached hydrogen (secondary N) is 2. The number of nitrogens with zero attached hydrogens (tertiary/aromatic N) is 1. The third kappa shape index (κ3) is 4.59. The first-order valence-electron chi connectivity index (χ1n) is 7.74. The van der Waals surface area contributed by atoms with E-state index in [1.54, 1.807) is 23.2 Å². The molecular formula is C16H25N3O3. The molecule has 0 aromatic carbocycles. The quantitative estimate of drug-likeness (QED) is 0.818. The summed E-state index contributed by atoms with van der Waals surface area (Å²) in [7, 11) is 0. The molecule has 0 saturated carbocycles. The number of aromatic amines is 1. The molecule has 0 spiro atoms. The second-order valence-electron chi connectivity index (χ2n) is 6.61. The molecule has 1 aliphatic rings. The lowest BCUT2D eigenvalue weighted by atomic mass is 10.2. The minimum Gasteiger partial charge on any atom is -0.444 e. The van der Waals surface area contributed by atoms with Crippen molar-refractivity contribution in [1.29, 1.82) is 0 Å². The van der Waals surface area contributed by atoms with Crippen LogP contribution in [0.5, 0.6) is 0 Å². The third-order valence-corrected chi connectivity index (χ3v) is 3.57. The predicted octanol–water partition coefficient (Wildman–Crippen LogP) is 2.19. The highest BCUT2D eigenvalue weighted by Crippen LogP contribution is 2.20. The summed E-state index contributed by atoms with van der Waals surface area (Å²) in [6.45, 7) is 7.17. The number of rotatable bonds is 5. The van der Waals surface area contributed by atoms with Crippen LogP contribution in [-0.4, -0.2) is 53.0 Å². The van der Waals surface area contributed by atoms with Crippen molar-refractivity contribution in [2.75, 3.05) is 19.6 Å². The minimum absolute atomic E-state index is 0.0202. The largest absolute Gasteiger partial charge is 0.444 e. The van der Waals surface area contributed by atoms with Crippen molar-refractivity contribution in [3.05, 3.63) is 24.0 Å². The van der Waals surface area contributed by atoms with Gasteiger partial charge in [-0.3, -0.25) is 4.79 Å². The van der Waals surface area contributed by atoms with E-state index in [4.69, 9.17) is 4.74 Å². The lowest BCUT2D eigenvalue weighted by Gasteiger charge is -2.28. The van der Waals surface area contributed by atoms with Crippen LogP contribution in [0.25, 0.3) is 0 Å². The molecule has 1 atom stereocenters. The van der Waals surface area contributed by atoms with Gasteiger partial charge in [0.15, 0.2) is 5.78 Å². The summed E-state index contributed by atoms with van der Waals surface area (Å²) in [6.07, 6.45) is 3.36. The number of hydrogen-bond donors (Lipinski definition) is 2. The highest BCUT2D eigenvalue weighted by atomic mass is 16.6. The smallest absolute Gasteiger partial charge is 0.410 e. The Hall–Kier alpha value is -1.82. The zero-order chi connectivity index (χ0) is 16.2. The van der Waals surface area contributed by atoms with E-state index >= 15 is 0 Å². The summed E-state index contributed by atoms with van der Waals surface area (Å²) < 4.78 is 5.43. The number of H-pyrrole nitrogens is 1. The highest BCUT2D eigenvalue weighted by molar-refractivity contribution is 5.95. The lowest BCUT2D eigenvalue weighted by Crippen LogP contribution is -2.44. The number of ketones is 1. The first-order valence-corrected chi connectivity index (χ1v) is 7.74. The van der Waals surface area contributed by atoms with Crippen LogP contribution in [0.2, 0.25) is 0 Å². The monoisotopic (exact) mass is 307 g/mol. The van der Waals surface area contributed by atoms with E-state index in [9.17, 15) is 9.59 Å². The molecule has 1 aromatic heterocycles. The number of aromatic nitrogens is 1. The van der Waals surface area contributed by atoms with Gasteiger partial charge in [-0.05, 0) is 45.7 Å².